The lowest BCUT2D eigenvalue weighted by atomic mass is 9.99. The number of carbonyl (C=O) groups is 3. The highest BCUT2D eigenvalue weighted by molar-refractivity contribution is 6.03. The minimum absolute atomic E-state index is 0.0842. The number of nitrogens with one attached hydrogen (secondary N) is 1. The second kappa shape index (κ2) is 7.06. The Morgan fingerprint density at radius 1 is 1.21 bits per heavy atom. The molecule has 4 amide bonds. The third-order valence-electron chi connectivity index (χ3n) is 5.03. The van der Waals surface area contributed by atoms with Gasteiger partial charge in [0.1, 0.15) is 13.1 Å². The summed E-state index contributed by atoms with van der Waals surface area (Å²) >= 11 is 0. The topological polar surface area (TPSA) is 100 Å². The van der Waals surface area contributed by atoms with Crippen LogP contribution in [0.15, 0.2) is 30.3 Å². The zero-order valence-corrected chi connectivity index (χ0v) is 15.8. The molecule has 0 bridgehead atoms. The Labute approximate surface area is 162 Å². The molecule has 1 fully saturated rings. The Hall–Kier alpha value is -3.23. The number of nitrogens with zero attached hydrogens (tertiary/aromatic N) is 5. The van der Waals surface area contributed by atoms with E-state index in [9.17, 15) is 14.4 Å². The van der Waals surface area contributed by atoms with E-state index in [2.05, 4.69) is 10.4 Å². The smallest absolute Gasteiger partial charge is 0.325 e. The lowest BCUT2D eigenvalue weighted by molar-refractivity contribution is -0.136. The lowest BCUT2D eigenvalue weighted by Crippen LogP contribution is -2.48. The molecule has 2 aliphatic rings. The average molecular weight is 382 g/mol. The summed E-state index contributed by atoms with van der Waals surface area (Å²) in [6.45, 7) is 4.87. The van der Waals surface area contributed by atoms with Crippen LogP contribution in [-0.4, -0.2) is 62.0 Å². The van der Waals surface area contributed by atoms with Crippen molar-refractivity contribution in [3.63, 3.8) is 0 Å². The molecular weight excluding hydrogens is 360 g/mol. The second-order valence-corrected chi connectivity index (χ2v) is 7.37. The summed E-state index contributed by atoms with van der Waals surface area (Å²) in [5.41, 5.74) is 0.928. The molecule has 1 aromatic heterocycles. The molecule has 146 valence electrons. The number of hydrogen-bond donors (Lipinski definition) is 1. The lowest BCUT2D eigenvalue weighted by Gasteiger charge is -2.38. The molecule has 4 rings (SSSR count). The SMILES string of the molecule is CC(C)[C@H]1c2nc(-c3ccccc3)nn2CCN1C(=O)CN1CC(=O)NC1=O. The zero-order chi connectivity index (χ0) is 19.8. The molecule has 2 aromatic rings. The Morgan fingerprint density at radius 2 is 1.96 bits per heavy atom. The average Bonchev–Trinajstić information content (AvgIpc) is 3.24. The molecule has 9 heteroatoms. The van der Waals surface area contributed by atoms with Crippen LogP contribution in [-0.2, 0) is 16.1 Å². The fraction of sp³-hybridized carbons (Fsp3) is 0.421. The van der Waals surface area contributed by atoms with Gasteiger partial charge < -0.3 is 9.80 Å². The van der Waals surface area contributed by atoms with Gasteiger partial charge in [0.2, 0.25) is 11.8 Å². The first kappa shape index (κ1) is 18.1. The van der Waals surface area contributed by atoms with E-state index < -0.39 is 6.03 Å². The molecule has 28 heavy (non-hydrogen) atoms. The van der Waals surface area contributed by atoms with Crippen LogP contribution in [0.2, 0.25) is 0 Å². The van der Waals surface area contributed by atoms with Crippen LogP contribution >= 0.6 is 0 Å². The van der Waals surface area contributed by atoms with Crippen molar-refractivity contribution in [1.82, 2.24) is 29.9 Å². The molecule has 0 unspecified atom stereocenters. The summed E-state index contributed by atoms with van der Waals surface area (Å²) in [5, 5.41) is 6.82. The Bertz CT molecular complexity index is 923. The van der Waals surface area contributed by atoms with Gasteiger partial charge in [-0.05, 0) is 5.92 Å². The van der Waals surface area contributed by atoms with Gasteiger partial charge in [-0.2, -0.15) is 5.10 Å². The van der Waals surface area contributed by atoms with Crippen LogP contribution in [0.5, 0.6) is 0 Å². The van der Waals surface area contributed by atoms with E-state index >= 15 is 0 Å². The van der Waals surface area contributed by atoms with Gasteiger partial charge in [0, 0.05) is 12.1 Å². The Morgan fingerprint density at radius 3 is 2.61 bits per heavy atom. The number of imide groups is 1. The van der Waals surface area contributed by atoms with Gasteiger partial charge in [0.05, 0.1) is 12.6 Å². The van der Waals surface area contributed by atoms with Crippen molar-refractivity contribution in [3.05, 3.63) is 36.2 Å². The largest absolute Gasteiger partial charge is 0.329 e. The first-order valence-electron chi connectivity index (χ1n) is 9.32. The molecular formula is C19H22N6O3. The zero-order valence-electron chi connectivity index (χ0n) is 15.8. The van der Waals surface area contributed by atoms with Crippen molar-refractivity contribution < 1.29 is 14.4 Å². The second-order valence-electron chi connectivity index (χ2n) is 7.37. The van der Waals surface area contributed by atoms with E-state index in [1.807, 2.05) is 48.9 Å². The highest BCUT2D eigenvalue weighted by atomic mass is 16.2. The number of urea groups is 1. The molecule has 9 nitrogen and oxygen atoms in total. The summed E-state index contributed by atoms with van der Waals surface area (Å²) in [7, 11) is 0. The Balaban J connectivity index is 1.59. The maximum absolute atomic E-state index is 12.9. The van der Waals surface area contributed by atoms with Crippen LogP contribution in [0, 0.1) is 5.92 Å². The molecule has 1 atom stereocenters. The van der Waals surface area contributed by atoms with Gasteiger partial charge in [-0.25, -0.2) is 14.5 Å². The van der Waals surface area contributed by atoms with Gasteiger partial charge in [-0.1, -0.05) is 44.2 Å². The third kappa shape index (κ3) is 3.23. The van der Waals surface area contributed by atoms with Crippen LogP contribution in [0.25, 0.3) is 11.4 Å². The van der Waals surface area contributed by atoms with Gasteiger partial charge in [0.15, 0.2) is 11.6 Å². The van der Waals surface area contributed by atoms with Crippen LogP contribution < -0.4 is 5.32 Å². The van der Waals surface area contributed by atoms with Crippen LogP contribution in [0.3, 0.4) is 0 Å². The normalized spacial score (nSPS) is 19.2. The number of benzene rings is 1. The van der Waals surface area contributed by atoms with Gasteiger partial charge in [-0.15, -0.1) is 0 Å². The molecule has 2 aliphatic heterocycles. The summed E-state index contributed by atoms with van der Waals surface area (Å²) < 4.78 is 1.86. The fourth-order valence-corrected chi connectivity index (χ4v) is 3.73. The highest BCUT2D eigenvalue weighted by Crippen LogP contribution is 2.32. The van der Waals surface area contributed by atoms with E-state index in [0.29, 0.717) is 18.9 Å². The minimum Gasteiger partial charge on any atom is -0.329 e. The highest BCUT2D eigenvalue weighted by Gasteiger charge is 2.38. The predicted octanol–water partition coefficient (Wildman–Crippen LogP) is 1.04. The molecule has 0 saturated carbocycles. The van der Waals surface area contributed by atoms with Gasteiger partial charge in [-0.3, -0.25) is 14.9 Å². The van der Waals surface area contributed by atoms with Crippen molar-refractivity contribution in [3.8, 4) is 11.4 Å². The number of rotatable bonds is 4. The van der Waals surface area contributed by atoms with E-state index in [-0.39, 0.29) is 36.9 Å². The Kier molecular flexibility index (Phi) is 4.58. The summed E-state index contributed by atoms with van der Waals surface area (Å²) in [4.78, 5) is 43.8. The standard InChI is InChI=1S/C19H22N6O3/c1-12(2)16-18-21-17(13-6-4-3-5-7-13)22-25(18)9-8-24(16)15(27)11-23-10-14(26)20-19(23)28/h3-7,12,16H,8-11H2,1-2H3,(H,20,26,28)/t16-/m0/s1. The number of fused-ring (bicyclic) bond motifs is 1. The van der Waals surface area contributed by atoms with Crippen LogP contribution in [0.1, 0.15) is 25.7 Å². The van der Waals surface area contributed by atoms with Crippen molar-refractivity contribution in [2.75, 3.05) is 19.6 Å². The van der Waals surface area contributed by atoms with E-state index in [0.717, 1.165) is 11.4 Å². The van der Waals surface area contributed by atoms with Crippen LogP contribution in [0.4, 0.5) is 4.79 Å². The van der Waals surface area contributed by atoms with Gasteiger partial charge >= 0.3 is 6.03 Å². The first-order chi connectivity index (χ1) is 13.4. The van der Waals surface area contributed by atoms with Gasteiger partial charge in [0.25, 0.3) is 0 Å². The molecule has 3 heterocycles. The summed E-state index contributed by atoms with van der Waals surface area (Å²) in [5.74, 6) is 0.920. The summed E-state index contributed by atoms with van der Waals surface area (Å²) in [6.07, 6.45) is 0. The van der Waals surface area contributed by atoms with E-state index in [1.165, 1.54) is 4.90 Å². The predicted molar refractivity (Wildman–Crippen MR) is 99.9 cm³/mol. The minimum atomic E-state index is -0.522. The molecule has 1 N–H and O–H groups in total. The monoisotopic (exact) mass is 382 g/mol. The first-order valence-corrected chi connectivity index (χ1v) is 9.32. The number of carbonyl (C=O) groups excluding carboxylic acids is 3. The van der Waals surface area contributed by atoms with Crippen molar-refractivity contribution in [2.45, 2.75) is 26.4 Å². The molecule has 0 spiro atoms. The third-order valence-corrected chi connectivity index (χ3v) is 5.03. The maximum Gasteiger partial charge on any atom is 0.325 e. The fourth-order valence-electron chi connectivity index (χ4n) is 3.73. The molecule has 0 aliphatic carbocycles. The number of amides is 4. The van der Waals surface area contributed by atoms with Crippen molar-refractivity contribution >= 4 is 17.8 Å². The quantitative estimate of drug-likeness (QED) is 0.797. The maximum atomic E-state index is 12.9. The van der Waals surface area contributed by atoms with Crippen molar-refractivity contribution in [1.29, 1.82) is 0 Å². The molecule has 1 aromatic carbocycles. The van der Waals surface area contributed by atoms with Crippen molar-refractivity contribution in [2.24, 2.45) is 5.92 Å². The molecule has 1 saturated heterocycles. The molecule has 0 radical (unpaired) electrons. The number of hydrogen-bond acceptors (Lipinski definition) is 5. The summed E-state index contributed by atoms with van der Waals surface area (Å²) in [6, 6.07) is 8.96. The van der Waals surface area contributed by atoms with E-state index in [1.54, 1.807) is 4.90 Å². The number of aromatic nitrogens is 3. The van der Waals surface area contributed by atoms with E-state index in [4.69, 9.17) is 4.98 Å².